The molecule has 8 nitrogen and oxygen atoms in total. The van der Waals surface area contributed by atoms with Gasteiger partial charge in [0.2, 0.25) is 5.91 Å². The van der Waals surface area contributed by atoms with E-state index in [1.807, 2.05) is 20.8 Å². The van der Waals surface area contributed by atoms with Crippen LogP contribution >= 0.6 is 0 Å². The van der Waals surface area contributed by atoms with Gasteiger partial charge in [0.15, 0.2) is 0 Å². The van der Waals surface area contributed by atoms with E-state index in [-0.39, 0.29) is 24.5 Å². The molecule has 0 unspecified atom stereocenters. The molecule has 0 aromatic carbocycles. The summed E-state index contributed by atoms with van der Waals surface area (Å²) >= 11 is 0. The van der Waals surface area contributed by atoms with Crippen LogP contribution in [0.2, 0.25) is 0 Å². The summed E-state index contributed by atoms with van der Waals surface area (Å²) in [6.07, 6.45) is 0.813. The van der Waals surface area contributed by atoms with Crippen LogP contribution in [-0.4, -0.2) is 48.7 Å². The van der Waals surface area contributed by atoms with E-state index in [2.05, 4.69) is 10.1 Å². The Morgan fingerprint density at radius 1 is 1.26 bits per heavy atom. The normalized spacial score (nSPS) is 15.4. The molecule has 1 N–H and O–H groups in total. The quantitative estimate of drug-likeness (QED) is 0.807. The van der Waals surface area contributed by atoms with E-state index in [4.69, 9.17) is 9.15 Å². The molecule has 0 bridgehead atoms. The Morgan fingerprint density at radius 2 is 1.89 bits per heavy atom. The van der Waals surface area contributed by atoms with E-state index in [0.29, 0.717) is 43.0 Å². The molecule has 1 aromatic heterocycles. The fraction of sp³-hybridized carbons (Fsp3) is 0.632. The maximum Gasteiger partial charge on any atom is 0.410 e. The summed E-state index contributed by atoms with van der Waals surface area (Å²) in [6.45, 7) is 8.32. The third-order valence-corrected chi connectivity index (χ3v) is 4.33. The summed E-state index contributed by atoms with van der Waals surface area (Å²) < 4.78 is 15.5. The summed E-state index contributed by atoms with van der Waals surface area (Å²) in [5, 5.41) is 2.83. The van der Waals surface area contributed by atoms with Crippen LogP contribution in [0.1, 0.15) is 55.5 Å². The first-order valence-corrected chi connectivity index (χ1v) is 9.04. The minimum Gasteiger partial charge on any atom is -0.465 e. The van der Waals surface area contributed by atoms with Crippen LogP contribution in [0.3, 0.4) is 0 Å². The molecule has 1 aliphatic rings. The number of likely N-dealkylation sites (tertiary alicyclic amines) is 1. The average Bonchev–Trinajstić information content (AvgIpc) is 2.98. The minimum absolute atomic E-state index is 0.0903. The van der Waals surface area contributed by atoms with Gasteiger partial charge in [-0.15, -0.1) is 0 Å². The molecular weight excluding hydrogens is 352 g/mol. The smallest absolute Gasteiger partial charge is 0.410 e. The Morgan fingerprint density at radius 3 is 2.44 bits per heavy atom. The standard InChI is InChI=1S/C19H28N2O6/c1-12-15(17(23)25-5)10-14(26-12)11-20-16(22)13-6-8-21(9-7-13)18(24)27-19(2,3)4/h10,13H,6-9,11H2,1-5H3,(H,20,22). The molecule has 8 heteroatoms. The molecule has 1 aromatic rings. The largest absolute Gasteiger partial charge is 0.465 e. The highest BCUT2D eigenvalue weighted by Crippen LogP contribution is 2.20. The van der Waals surface area contributed by atoms with Gasteiger partial charge < -0.3 is 24.1 Å². The number of ether oxygens (including phenoxy) is 2. The van der Waals surface area contributed by atoms with Crippen molar-refractivity contribution in [3.05, 3.63) is 23.2 Å². The summed E-state index contributed by atoms with van der Waals surface area (Å²) in [7, 11) is 1.31. The molecule has 27 heavy (non-hydrogen) atoms. The van der Waals surface area contributed by atoms with Crippen LogP contribution in [0.4, 0.5) is 4.79 Å². The number of hydrogen-bond donors (Lipinski definition) is 1. The predicted molar refractivity (Wildman–Crippen MR) is 97.2 cm³/mol. The van der Waals surface area contributed by atoms with Crippen LogP contribution < -0.4 is 5.32 Å². The van der Waals surface area contributed by atoms with E-state index in [9.17, 15) is 14.4 Å². The second-order valence-electron chi connectivity index (χ2n) is 7.63. The van der Waals surface area contributed by atoms with Crippen molar-refractivity contribution in [2.75, 3.05) is 20.2 Å². The lowest BCUT2D eigenvalue weighted by Gasteiger charge is -2.32. The molecule has 2 rings (SSSR count). The van der Waals surface area contributed by atoms with Crippen molar-refractivity contribution in [3.63, 3.8) is 0 Å². The van der Waals surface area contributed by atoms with Crippen LogP contribution in [0.15, 0.2) is 10.5 Å². The van der Waals surface area contributed by atoms with Gasteiger partial charge in [-0.3, -0.25) is 4.79 Å². The molecule has 2 amide bonds. The Balaban J connectivity index is 1.81. The molecule has 0 spiro atoms. The zero-order valence-corrected chi connectivity index (χ0v) is 16.6. The third-order valence-electron chi connectivity index (χ3n) is 4.33. The summed E-state index contributed by atoms with van der Waals surface area (Å²) in [5.74, 6) is 0.222. The molecular formula is C19H28N2O6. The summed E-state index contributed by atoms with van der Waals surface area (Å²) in [4.78, 5) is 37.7. The molecule has 150 valence electrons. The fourth-order valence-corrected chi connectivity index (χ4v) is 2.91. The maximum atomic E-state index is 12.4. The van der Waals surface area contributed by atoms with Gasteiger partial charge in [0, 0.05) is 19.0 Å². The number of carbonyl (C=O) groups is 3. The molecule has 1 aliphatic heterocycles. The molecule has 1 fully saturated rings. The van der Waals surface area contributed by atoms with E-state index >= 15 is 0 Å². The van der Waals surface area contributed by atoms with Gasteiger partial charge in [-0.1, -0.05) is 0 Å². The van der Waals surface area contributed by atoms with E-state index in [0.717, 1.165) is 0 Å². The number of aryl methyl sites for hydroxylation is 1. The second-order valence-corrected chi connectivity index (χ2v) is 7.63. The number of esters is 1. The highest BCUT2D eigenvalue weighted by molar-refractivity contribution is 5.90. The van der Waals surface area contributed by atoms with Gasteiger partial charge in [-0.25, -0.2) is 9.59 Å². The van der Waals surface area contributed by atoms with E-state index < -0.39 is 11.6 Å². The van der Waals surface area contributed by atoms with Gasteiger partial charge in [-0.05, 0) is 46.6 Å². The number of furan rings is 1. The molecule has 0 radical (unpaired) electrons. The highest BCUT2D eigenvalue weighted by atomic mass is 16.6. The SMILES string of the molecule is COC(=O)c1cc(CNC(=O)C2CCN(C(=O)OC(C)(C)C)CC2)oc1C. The van der Waals surface area contributed by atoms with Crippen LogP contribution in [0.25, 0.3) is 0 Å². The van der Waals surface area contributed by atoms with Crippen molar-refractivity contribution in [2.45, 2.75) is 52.7 Å². The van der Waals surface area contributed by atoms with Crippen molar-refractivity contribution < 1.29 is 28.3 Å². The molecule has 0 aliphatic carbocycles. The van der Waals surface area contributed by atoms with Crippen molar-refractivity contribution in [1.29, 1.82) is 0 Å². The summed E-state index contributed by atoms with van der Waals surface area (Å²) in [5.41, 5.74) is -0.178. The minimum atomic E-state index is -0.532. The molecule has 0 atom stereocenters. The van der Waals surface area contributed by atoms with Crippen molar-refractivity contribution in [3.8, 4) is 0 Å². The lowest BCUT2D eigenvalue weighted by molar-refractivity contribution is -0.126. The Kier molecular flexibility index (Phi) is 6.51. The van der Waals surface area contributed by atoms with Crippen LogP contribution in [0.5, 0.6) is 0 Å². The maximum absolute atomic E-state index is 12.4. The van der Waals surface area contributed by atoms with Crippen molar-refractivity contribution in [2.24, 2.45) is 5.92 Å². The van der Waals surface area contributed by atoms with Gasteiger partial charge >= 0.3 is 12.1 Å². The number of nitrogens with one attached hydrogen (secondary N) is 1. The number of methoxy groups -OCH3 is 1. The van der Waals surface area contributed by atoms with Crippen LogP contribution in [-0.2, 0) is 20.8 Å². The molecule has 0 saturated carbocycles. The number of rotatable bonds is 4. The average molecular weight is 380 g/mol. The number of hydrogen-bond acceptors (Lipinski definition) is 6. The van der Waals surface area contributed by atoms with E-state index in [1.165, 1.54) is 7.11 Å². The summed E-state index contributed by atoms with van der Waals surface area (Å²) in [6, 6.07) is 1.58. The number of nitrogens with zero attached hydrogens (tertiary/aromatic N) is 1. The highest BCUT2D eigenvalue weighted by Gasteiger charge is 2.30. The van der Waals surface area contributed by atoms with Gasteiger partial charge in [0.25, 0.3) is 0 Å². The Hall–Kier alpha value is -2.51. The number of carbonyl (C=O) groups excluding carboxylic acids is 3. The first-order valence-electron chi connectivity index (χ1n) is 9.04. The monoisotopic (exact) mass is 380 g/mol. The van der Waals surface area contributed by atoms with E-state index in [1.54, 1.807) is 17.9 Å². The lowest BCUT2D eigenvalue weighted by Crippen LogP contribution is -2.44. The van der Waals surface area contributed by atoms with Gasteiger partial charge in [-0.2, -0.15) is 0 Å². The van der Waals surface area contributed by atoms with Crippen LogP contribution in [0, 0.1) is 12.8 Å². The fourth-order valence-electron chi connectivity index (χ4n) is 2.91. The zero-order valence-electron chi connectivity index (χ0n) is 16.6. The van der Waals surface area contributed by atoms with Crippen molar-refractivity contribution in [1.82, 2.24) is 10.2 Å². The number of piperidine rings is 1. The third kappa shape index (κ3) is 5.74. The Labute approximate surface area is 159 Å². The zero-order chi connectivity index (χ0) is 20.2. The lowest BCUT2D eigenvalue weighted by atomic mass is 9.96. The topological polar surface area (TPSA) is 98.1 Å². The molecule has 1 saturated heterocycles. The Bertz CT molecular complexity index is 696. The van der Waals surface area contributed by atoms with Gasteiger partial charge in [0.1, 0.15) is 22.7 Å². The van der Waals surface area contributed by atoms with Gasteiger partial charge in [0.05, 0.1) is 13.7 Å². The second kappa shape index (κ2) is 8.45. The molecule has 2 heterocycles. The predicted octanol–water partition coefficient (Wildman–Crippen LogP) is 2.64. The van der Waals surface area contributed by atoms with Crippen molar-refractivity contribution >= 4 is 18.0 Å². The first-order chi connectivity index (χ1) is 12.6. The first kappa shape index (κ1) is 20.8. The number of amides is 2.